The summed E-state index contributed by atoms with van der Waals surface area (Å²) in [7, 11) is 0. The molecule has 1 amide bonds. The fraction of sp³-hybridized carbons (Fsp3) is 0.348. The third kappa shape index (κ3) is 5.14. The van der Waals surface area contributed by atoms with E-state index in [0.29, 0.717) is 5.92 Å². The third-order valence-corrected chi connectivity index (χ3v) is 5.59. The fourth-order valence-corrected chi connectivity index (χ4v) is 3.44. The van der Waals surface area contributed by atoms with E-state index in [1.165, 1.54) is 29.8 Å². The molecule has 0 N–H and O–H groups in total. The van der Waals surface area contributed by atoms with Gasteiger partial charge in [-0.2, -0.15) is 0 Å². The van der Waals surface area contributed by atoms with Gasteiger partial charge in [-0.15, -0.1) is 0 Å². The van der Waals surface area contributed by atoms with E-state index >= 15 is 0 Å². The second-order valence-electron chi connectivity index (χ2n) is 7.64. The standard InChI is InChI=1S/C23H24N2O6/c1-3-15(2)16-4-8-19(9-5-16)24-13-18(12-22(24)27)23(28)31-14-21(26)17-6-10-20(11-7-17)25(29)30/h4-11,15,18H,3,12-14H2,1-2H3/t15-,18+/m0/s1. The molecule has 8 nitrogen and oxygen atoms in total. The molecule has 0 aliphatic carbocycles. The van der Waals surface area contributed by atoms with Crippen molar-refractivity contribution >= 4 is 29.0 Å². The number of esters is 1. The maximum absolute atomic E-state index is 12.4. The Bertz CT molecular complexity index is 984. The summed E-state index contributed by atoms with van der Waals surface area (Å²) in [6.45, 7) is 3.97. The number of rotatable bonds is 8. The van der Waals surface area contributed by atoms with Gasteiger partial charge in [-0.25, -0.2) is 0 Å². The first-order valence-corrected chi connectivity index (χ1v) is 10.1. The average Bonchev–Trinajstić information content (AvgIpc) is 3.18. The van der Waals surface area contributed by atoms with Crippen molar-refractivity contribution in [3.05, 3.63) is 69.8 Å². The number of amides is 1. The first-order valence-electron chi connectivity index (χ1n) is 10.1. The van der Waals surface area contributed by atoms with Crippen molar-refractivity contribution in [2.75, 3.05) is 18.1 Å². The molecule has 0 bridgehead atoms. The molecule has 1 fully saturated rings. The Labute approximate surface area is 180 Å². The molecule has 0 aromatic heterocycles. The number of carbonyl (C=O) groups is 3. The van der Waals surface area contributed by atoms with E-state index in [0.717, 1.165) is 12.1 Å². The topological polar surface area (TPSA) is 107 Å². The van der Waals surface area contributed by atoms with Crippen molar-refractivity contribution < 1.29 is 24.0 Å². The number of carbonyl (C=O) groups excluding carboxylic acids is 3. The SMILES string of the molecule is CC[C@H](C)c1ccc(N2C[C@H](C(=O)OCC(=O)c3ccc([N+](=O)[O-])cc3)CC2=O)cc1. The van der Waals surface area contributed by atoms with Gasteiger partial charge in [-0.3, -0.25) is 24.5 Å². The summed E-state index contributed by atoms with van der Waals surface area (Å²) in [5, 5.41) is 10.7. The Hall–Kier alpha value is -3.55. The summed E-state index contributed by atoms with van der Waals surface area (Å²) < 4.78 is 5.12. The average molecular weight is 424 g/mol. The van der Waals surface area contributed by atoms with Gasteiger partial charge in [0.15, 0.2) is 12.4 Å². The summed E-state index contributed by atoms with van der Waals surface area (Å²) in [5.74, 6) is -1.46. The van der Waals surface area contributed by atoms with Crippen LogP contribution in [0, 0.1) is 16.0 Å². The number of non-ortho nitro benzene ring substituents is 1. The van der Waals surface area contributed by atoms with Crippen LogP contribution in [0.5, 0.6) is 0 Å². The van der Waals surface area contributed by atoms with Gasteiger partial charge in [-0.05, 0) is 42.2 Å². The molecular formula is C23H24N2O6. The highest BCUT2D eigenvalue weighted by Gasteiger charge is 2.36. The highest BCUT2D eigenvalue weighted by atomic mass is 16.6. The van der Waals surface area contributed by atoms with Crippen LogP contribution in [0.15, 0.2) is 48.5 Å². The van der Waals surface area contributed by atoms with Crippen LogP contribution in [0.2, 0.25) is 0 Å². The van der Waals surface area contributed by atoms with E-state index in [2.05, 4.69) is 13.8 Å². The molecular weight excluding hydrogens is 400 g/mol. The highest BCUT2D eigenvalue weighted by Crippen LogP contribution is 2.28. The van der Waals surface area contributed by atoms with Crippen LogP contribution >= 0.6 is 0 Å². The molecule has 0 saturated carbocycles. The van der Waals surface area contributed by atoms with Crippen LogP contribution < -0.4 is 4.90 Å². The van der Waals surface area contributed by atoms with Crippen molar-refractivity contribution in [1.29, 1.82) is 0 Å². The maximum Gasteiger partial charge on any atom is 0.311 e. The van der Waals surface area contributed by atoms with Gasteiger partial charge in [0.25, 0.3) is 5.69 Å². The Morgan fingerprint density at radius 2 is 1.81 bits per heavy atom. The van der Waals surface area contributed by atoms with Gasteiger partial charge in [-0.1, -0.05) is 26.0 Å². The molecule has 2 atom stereocenters. The second-order valence-corrected chi connectivity index (χ2v) is 7.64. The van der Waals surface area contributed by atoms with Crippen LogP contribution in [-0.2, 0) is 14.3 Å². The molecule has 2 aromatic carbocycles. The molecule has 0 unspecified atom stereocenters. The first kappa shape index (κ1) is 22.1. The van der Waals surface area contributed by atoms with E-state index in [1.807, 2.05) is 24.3 Å². The highest BCUT2D eigenvalue weighted by molar-refractivity contribution is 6.01. The fourth-order valence-electron chi connectivity index (χ4n) is 3.44. The van der Waals surface area contributed by atoms with E-state index in [9.17, 15) is 24.5 Å². The molecule has 2 aromatic rings. The van der Waals surface area contributed by atoms with E-state index in [4.69, 9.17) is 4.74 Å². The molecule has 3 rings (SSSR count). The second kappa shape index (κ2) is 9.51. The molecule has 1 saturated heterocycles. The monoisotopic (exact) mass is 424 g/mol. The summed E-state index contributed by atoms with van der Waals surface area (Å²) in [6.07, 6.45) is 1.05. The zero-order valence-corrected chi connectivity index (χ0v) is 17.4. The number of anilines is 1. The molecule has 1 aliphatic rings. The smallest absolute Gasteiger partial charge is 0.311 e. The number of nitro groups is 1. The summed E-state index contributed by atoms with van der Waals surface area (Å²) in [6, 6.07) is 12.8. The Morgan fingerprint density at radius 1 is 1.16 bits per heavy atom. The lowest BCUT2D eigenvalue weighted by molar-refractivity contribution is -0.384. The number of Topliss-reactive ketones (excluding diaryl/α,β-unsaturated/α-hetero) is 1. The first-order chi connectivity index (χ1) is 14.8. The number of benzene rings is 2. The van der Waals surface area contributed by atoms with Crippen molar-refractivity contribution in [2.45, 2.75) is 32.6 Å². The van der Waals surface area contributed by atoms with Crippen LogP contribution in [0.25, 0.3) is 0 Å². The number of nitro benzene ring substituents is 1. The molecule has 0 radical (unpaired) electrons. The number of ether oxygens (including phenoxy) is 1. The molecule has 1 heterocycles. The summed E-state index contributed by atoms with van der Waals surface area (Å²) in [4.78, 5) is 48.7. The zero-order chi connectivity index (χ0) is 22.5. The van der Waals surface area contributed by atoms with E-state index < -0.39 is 29.2 Å². The number of hydrogen-bond donors (Lipinski definition) is 0. The van der Waals surface area contributed by atoms with Crippen LogP contribution in [0.4, 0.5) is 11.4 Å². The predicted molar refractivity (Wildman–Crippen MR) is 114 cm³/mol. The van der Waals surface area contributed by atoms with Crippen molar-refractivity contribution in [2.24, 2.45) is 5.92 Å². The van der Waals surface area contributed by atoms with Gasteiger partial charge in [0.05, 0.1) is 10.8 Å². The quantitative estimate of drug-likeness (QED) is 0.275. The normalized spacial score (nSPS) is 16.8. The lowest BCUT2D eigenvalue weighted by Gasteiger charge is -2.18. The van der Waals surface area contributed by atoms with E-state index in [-0.39, 0.29) is 30.1 Å². The van der Waals surface area contributed by atoms with Gasteiger partial charge in [0.1, 0.15) is 0 Å². The Kier molecular flexibility index (Phi) is 6.79. The van der Waals surface area contributed by atoms with Crippen molar-refractivity contribution in [3.63, 3.8) is 0 Å². The van der Waals surface area contributed by atoms with Crippen molar-refractivity contribution in [1.82, 2.24) is 0 Å². The lowest BCUT2D eigenvalue weighted by atomic mass is 9.98. The minimum atomic E-state index is -0.647. The minimum Gasteiger partial charge on any atom is -0.457 e. The van der Waals surface area contributed by atoms with Gasteiger partial charge in [0.2, 0.25) is 5.91 Å². The number of ketones is 1. The van der Waals surface area contributed by atoms with Crippen LogP contribution in [0.1, 0.15) is 48.5 Å². The summed E-state index contributed by atoms with van der Waals surface area (Å²) in [5.41, 5.74) is 2.01. The number of nitrogens with zero attached hydrogens (tertiary/aromatic N) is 2. The van der Waals surface area contributed by atoms with Gasteiger partial charge < -0.3 is 9.64 Å². The molecule has 31 heavy (non-hydrogen) atoms. The predicted octanol–water partition coefficient (Wildman–Crippen LogP) is 3.89. The number of hydrogen-bond acceptors (Lipinski definition) is 6. The maximum atomic E-state index is 12.4. The Balaban J connectivity index is 1.56. The molecule has 162 valence electrons. The third-order valence-electron chi connectivity index (χ3n) is 5.59. The van der Waals surface area contributed by atoms with Crippen LogP contribution in [-0.4, -0.2) is 35.7 Å². The molecule has 8 heteroatoms. The van der Waals surface area contributed by atoms with Gasteiger partial charge in [0, 0.05) is 36.3 Å². The molecule has 0 spiro atoms. The minimum absolute atomic E-state index is 0.0255. The zero-order valence-electron chi connectivity index (χ0n) is 17.4. The van der Waals surface area contributed by atoms with Crippen molar-refractivity contribution in [3.8, 4) is 0 Å². The molecule has 1 aliphatic heterocycles. The lowest BCUT2D eigenvalue weighted by Crippen LogP contribution is -2.27. The largest absolute Gasteiger partial charge is 0.457 e. The summed E-state index contributed by atoms with van der Waals surface area (Å²) >= 11 is 0. The van der Waals surface area contributed by atoms with E-state index in [1.54, 1.807) is 4.90 Å². The Morgan fingerprint density at radius 3 is 2.39 bits per heavy atom. The van der Waals surface area contributed by atoms with Crippen LogP contribution in [0.3, 0.4) is 0 Å². The van der Waals surface area contributed by atoms with Gasteiger partial charge >= 0.3 is 5.97 Å².